The van der Waals surface area contributed by atoms with Crippen LogP contribution < -0.4 is 15.6 Å². The van der Waals surface area contributed by atoms with Gasteiger partial charge in [0.05, 0.1) is 12.2 Å². The highest BCUT2D eigenvalue weighted by Crippen LogP contribution is 2.15. The molecule has 0 fully saturated rings. The number of carbonyl (C=O) groups is 1. The van der Waals surface area contributed by atoms with Gasteiger partial charge in [0, 0.05) is 11.4 Å². The minimum absolute atomic E-state index is 0.146. The standard InChI is InChI=1S/C17H16N4O3S/c1-12-11-25-17(18-12)19-16(23)14-7-8-15(22)21(20-14)9-10-24-13-5-3-2-4-6-13/h2-8,11H,9-10H2,1H3,(H,18,19,23). The molecule has 0 atom stereocenters. The van der Waals surface area contributed by atoms with Crippen LogP contribution in [0.5, 0.6) is 5.75 Å². The molecule has 0 saturated heterocycles. The number of carbonyl (C=O) groups excluding carboxylic acids is 1. The van der Waals surface area contributed by atoms with Crippen LogP contribution in [0.15, 0.2) is 52.6 Å². The molecule has 0 saturated carbocycles. The molecule has 3 aromatic rings. The number of hydrogen-bond donors (Lipinski definition) is 1. The lowest BCUT2D eigenvalue weighted by molar-refractivity contribution is 0.101. The van der Waals surface area contributed by atoms with Gasteiger partial charge >= 0.3 is 0 Å². The van der Waals surface area contributed by atoms with Crippen molar-refractivity contribution in [3.63, 3.8) is 0 Å². The van der Waals surface area contributed by atoms with E-state index >= 15 is 0 Å². The molecule has 0 aliphatic carbocycles. The zero-order valence-electron chi connectivity index (χ0n) is 13.5. The fraction of sp³-hybridized carbons (Fsp3) is 0.176. The Morgan fingerprint density at radius 2 is 2.04 bits per heavy atom. The summed E-state index contributed by atoms with van der Waals surface area (Å²) < 4.78 is 6.77. The van der Waals surface area contributed by atoms with Crippen LogP contribution in [0.4, 0.5) is 5.13 Å². The lowest BCUT2D eigenvalue weighted by atomic mass is 10.3. The molecular weight excluding hydrogens is 340 g/mol. The van der Waals surface area contributed by atoms with Gasteiger partial charge in [-0.3, -0.25) is 14.9 Å². The Balaban J connectivity index is 1.65. The Labute approximate surface area is 147 Å². The van der Waals surface area contributed by atoms with Gasteiger partial charge < -0.3 is 4.74 Å². The summed E-state index contributed by atoms with van der Waals surface area (Å²) in [6.45, 7) is 2.36. The second kappa shape index (κ2) is 7.71. The van der Waals surface area contributed by atoms with E-state index in [0.29, 0.717) is 10.9 Å². The summed E-state index contributed by atoms with van der Waals surface area (Å²) in [5.74, 6) is 0.302. The Bertz CT molecular complexity index is 921. The van der Waals surface area contributed by atoms with Crippen LogP contribution in [0.1, 0.15) is 16.2 Å². The van der Waals surface area contributed by atoms with Crippen molar-refractivity contribution in [2.75, 3.05) is 11.9 Å². The first-order valence-corrected chi connectivity index (χ1v) is 8.49. The summed E-state index contributed by atoms with van der Waals surface area (Å²) in [6.07, 6.45) is 0. The number of thiazole rings is 1. The van der Waals surface area contributed by atoms with E-state index in [2.05, 4.69) is 15.4 Å². The summed E-state index contributed by atoms with van der Waals surface area (Å²) in [6, 6.07) is 12.0. The zero-order chi connectivity index (χ0) is 17.6. The van der Waals surface area contributed by atoms with Crippen molar-refractivity contribution < 1.29 is 9.53 Å². The number of benzene rings is 1. The molecule has 0 unspecified atom stereocenters. The average Bonchev–Trinajstić information content (AvgIpc) is 3.02. The average molecular weight is 356 g/mol. The third kappa shape index (κ3) is 4.51. The van der Waals surface area contributed by atoms with Crippen molar-refractivity contribution in [3.8, 4) is 5.75 Å². The van der Waals surface area contributed by atoms with Crippen molar-refractivity contribution in [3.05, 3.63) is 69.6 Å². The number of aromatic nitrogens is 3. The van der Waals surface area contributed by atoms with Crippen LogP contribution in [0.25, 0.3) is 0 Å². The molecule has 1 amide bonds. The zero-order valence-corrected chi connectivity index (χ0v) is 14.3. The lowest BCUT2D eigenvalue weighted by Crippen LogP contribution is -2.28. The molecule has 128 valence electrons. The number of anilines is 1. The molecule has 1 aromatic carbocycles. The van der Waals surface area contributed by atoms with Crippen LogP contribution in [0.2, 0.25) is 0 Å². The van der Waals surface area contributed by atoms with Gasteiger partial charge in [0.2, 0.25) is 0 Å². The largest absolute Gasteiger partial charge is 0.492 e. The number of nitrogens with zero attached hydrogens (tertiary/aromatic N) is 3. The Morgan fingerprint density at radius 1 is 1.24 bits per heavy atom. The van der Waals surface area contributed by atoms with E-state index in [9.17, 15) is 9.59 Å². The van der Waals surface area contributed by atoms with E-state index in [-0.39, 0.29) is 24.4 Å². The van der Waals surface area contributed by atoms with Crippen molar-refractivity contribution in [1.29, 1.82) is 0 Å². The maximum atomic E-state index is 12.2. The van der Waals surface area contributed by atoms with Crippen molar-refractivity contribution in [2.24, 2.45) is 0 Å². The number of aryl methyl sites for hydroxylation is 1. The number of ether oxygens (including phenoxy) is 1. The fourth-order valence-corrected chi connectivity index (χ4v) is 2.75. The summed E-state index contributed by atoms with van der Waals surface area (Å²) in [5.41, 5.74) is 0.682. The summed E-state index contributed by atoms with van der Waals surface area (Å²) in [7, 11) is 0. The highest BCUT2D eigenvalue weighted by atomic mass is 32.1. The van der Waals surface area contributed by atoms with Crippen molar-refractivity contribution in [2.45, 2.75) is 13.5 Å². The monoisotopic (exact) mass is 356 g/mol. The van der Waals surface area contributed by atoms with Gasteiger partial charge in [-0.1, -0.05) is 18.2 Å². The highest BCUT2D eigenvalue weighted by Gasteiger charge is 2.11. The topological polar surface area (TPSA) is 86.1 Å². The number of rotatable bonds is 6. The third-order valence-corrected chi connectivity index (χ3v) is 4.13. The van der Waals surface area contributed by atoms with Crippen LogP contribution in [-0.4, -0.2) is 27.3 Å². The first kappa shape index (κ1) is 16.8. The molecule has 0 radical (unpaired) electrons. The van der Waals surface area contributed by atoms with E-state index in [0.717, 1.165) is 5.69 Å². The first-order valence-electron chi connectivity index (χ1n) is 7.61. The Morgan fingerprint density at radius 3 is 2.76 bits per heavy atom. The molecule has 0 spiro atoms. The minimum atomic E-state index is -0.410. The molecule has 2 heterocycles. The van der Waals surface area contributed by atoms with Crippen LogP contribution in [0.3, 0.4) is 0 Å². The molecule has 8 heteroatoms. The van der Waals surface area contributed by atoms with E-state index < -0.39 is 5.91 Å². The normalized spacial score (nSPS) is 10.4. The van der Waals surface area contributed by atoms with Crippen molar-refractivity contribution >= 4 is 22.4 Å². The predicted octanol–water partition coefficient (Wildman–Crippen LogP) is 2.34. The smallest absolute Gasteiger partial charge is 0.277 e. The SMILES string of the molecule is Cc1csc(NC(=O)c2ccc(=O)n(CCOc3ccccc3)n2)n1. The van der Waals surface area contributed by atoms with Gasteiger partial charge in [-0.05, 0) is 25.1 Å². The first-order chi connectivity index (χ1) is 12.1. The molecule has 1 N–H and O–H groups in total. The third-order valence-electron chi connectivity index (χ3n) is 3.25. The fourth-order valence-electron chi connectivity index (χ4n) is 2.07. The second-order valence-corrected chi connectivity index (χ2v) is 6.05. The molecule has 25 heavy (non-hydrogen) atoms. The summed E-state index contributed by atoms with van der Waals surface area (Å²) in [5, 5.41) is 9.10. The van der Waals surface area contributed by atoms with Gasteiger partial charge in [-0.15, -0.1) is 11.3 Å². The second-order valence-electron chi connectivity index (χ2n) is 5.19. The summed E-state index contributed by atoms with van der Waals surface area (Å²) >= 11 is 1.33. The van der Waals surface area contributed by atoms with Gasteiger partial charge in [0.1, 0.15) is 18.1 Å². The molecule has 0 aliphatic heterocycles. The molecule has 0 bridgehead atoms. The van der Waals surface area contributed by atoms with Crippen LogP contribution >= 0.6 is 11.3 Å². The number of hydrogen-bond acceptors (Lipinski definition) is 6. The van der Waals surface area contributed by atoms with E-state index in [1.807, 2.05) is 42.6 Å². The van der Waals surface area contributed by atoms with Crippen molar-refractivity contribution in [1.82, 2.24) is 14.8 Å². The Hall–Kier alpha value is -3.00. The molecule has 7 nitrogen and oxygen atoms in total. The van der Waals surface area contributed by atoms with E-state index in [4.69, 9.17) is 4.74 Å². The van der Waals surface area contributed by atoms with Gasteiger partial charge in [-0.25, -0.2) is 9.67 Å². The molecule has 0 aliphatic rings. The lowest BCUT2D eigenvalue weighted by Gasteiger charge is -2.08. The Kier molecular flexibility index (Phi) is 5.20. The number of amides is 1. The van der Waals surface area contributed by atoms with Crippen LogP contribution in [-0.2, 0) is 6.54 Å². The predicted molar refractivity (Wildman–Crippen MR) is 95.2 cm³/mol. The van der Waals surface area contributed by atoms with Gasteiger partial charge in [-0.2, -0.15) is 5.10 Å². The van der Waals surface area contributed by atoms with E-state index in [1.54, 1.807) is 0 Å². The summed E-state index contributed by atoms with van der Waals surface area (Å²) in [4.78, 5) is 28.3. The quantitative estimate of drug-likeness (QED) is 0.733. The van der Waals surface area contributed by atoms with Gasteiger partial charge in [0.15, 0.2) is 5.13 Å². The van der Waals surface area contributed by atoms with E-state index in [1.165, 1.54) is 28.2 Å². The maximum absolute atomic E-state index is 12.2. The minimum Gasteiger partial charge on any atom is -0.492 e. The van der Waals surface area contributed by atoms with Gasteiger partial charge in [0.25, 0.3) is 11.5 Å². The number of nitrogens with one attached hydrogen (secondary N) is 1. The number of para-hydroxylation sites is 1. The molecule has 2 aromatic heterocycles. The van der Waals surface area contributed by atoms with Crippen LogP contribution in [0, 0.1) is 6.92 Å². The highest BCUT2D eigenvalue weighted by molar-refractivity contribution is 7.13. The maximum Gasteiger partial charge on any atom is 0.277 e. The molecule has 3 rings (SSSR count). The molecular formula is C17H16N4O3S.